The van der Waals surface area contributed by atoms with Crippen LogP contribution < -0.4 is 0 Å². The van der Waals surface area contributed by atoms with Crippen LogP contribution in [0.3, 0.4) is 0 Å². The molecule has 0 fully saturated rings. The molecule has 2 rings (SSSR count). The third-order valence-corrected chi connectivity index (χ3v) is 2.05. The summed E-state index contributed by atoms with van der Waals surface area (Å²) in [4.78, 5) is 22.4. The maximum atomic E-state index is 11.2. The number of aliphatic hydroxyl groups is 2. The molecule has 5 heteroatoms. The Kier molecular flexibility index (Phi) is 2.24. The highest BCUT2D eigenvalue weighted by atomic mass is 16.5. The van der Waals surface area contributed by atoms with Gasteiger partial charge in [-0.1, -0.05) is 24.3 Å². The Morgan fingerprint density at radius 3 is 1.64 bits per heavy atom. The van der Waals surface area contributed by atoms with E-state index < -0.39 is 17.4 Å². The van der Waals surface area contributed by atoms with Crippen molar-refractivity contribution in [3.8, 4) is 0 Å². The second kappa shape index (κ2) is 2.98. The van der Waals surface area contributed by atoms with Crippen LogP contribution in [-0.4, -0.2) is 33.0 Å². The molecule has 0 unspecified atom stereocenters. The Morgan fingerprint density at radius 2 is 1.29 bits per heavy atom. The van der Waals surface area contributed by atoms with E-state index in [1.807, 2.05) is 0 Å². The van der Waals surface area contributed by atoms with Gasteiger partial charge >= 0.3 is 0 Å². The van der Waals surface area contributed by atoms with Crippen molar-refractivity contribution in [3.05, 3.63) is 35.4 Å². The fourth-order valence-corrected chi connectivity index (χ4v) is 1.36. The Bertz CT molecular complexity index is 370. The first-order chi connectivity index (χ1) is 6.05. The van der Waals surface area contributed by atoms with E-state index in [-0.39, 0.29) is 16.6 Å². The third kappa shape index (κ3) is 1.07. The van der Waals surface area contributed by atoms with E-state index in [0.29, 0.717) is 0 Å². The van der Waals surface area contributed by atoms with Crippen LogP contribution in [0.4, 0.5) is 0 Å². The normalized spacial score (nSPS) is 17.6. The number of fused-ring (bicyclic) bond motifs is 1. The molecule has 0 amide bonds. The van der Waals surface area contributed by atoms with E-state index in [4.69, 9.17) is 10.2 Å². The molecule has 0 bridgehead atoms. The van der Waals surface area contributed by atoms with Gasteiger partial charge in [-0.25, -0.2) is 0 Å². The molecule has 0 aliphatic heterocycles. The molecule has 74 valence electrons. The minimum Gasteiger partial charge on any atom is -0.412 e. The first-order valence-electron chi connectivity index (χ1n) is 3.68. The minimum atomic E-state index is -2.86. The van der Waals surface area contributed by atoms with Crippen molar-refractivity contribution < 1.29 is 25.3 Å². The highest BCUT2D eigenvalue weighted by Crippen LogP contribution is 2.27. The predicted molar refractivity (Wildman–Crippen MR) is 45.9 cm³/mol. The van der Waals surface area contributed by atoms with Gasteiger partial charge in [-0.05, 0) is 0 Å². The molecule has 0 saturated carbocycles. The van der Waals surface area contributed by atoms with E-state index in [0.717, 1.165) is 0 Å². The third-order valence-electron chi connectivity index (χ3n) is 2.05. The highest BCUT2D eigenvalue weighted by Gasteiger charge is 2.50. The van der Waals surface area contributed by atoms with E-state index in [1.165, 1.54) is 12.1 Å². The van der Waals surface area contributed by atoms with Gasteiger partial charge in [0.15, 0.2) is 0 Å². The molecule has 0 heterocycles. The Hall–Kier alpha value is -1.56. The SMILES string of the molecule is O.O=C1c2ccccc2C(=O)C1(O)O. The van der Waals surface area contributed by atoms with Gasteiger partial charge in [-0.2, -0.15) is 0 Å². The molecule has 4 N–H and O–H groups in total. The molecule has 1 aromatic carbocycles. The fraction of sp³-hybridized carbons (Fsp3) is 0.111. The van der Waals surface area contributed by atoms with Gasteiger partial charge in [0, 0.05) is 11.1 Å². The molecule has 5 nitrogen and oxygen atoms in total. The lowest BCUT2D eigenvalue weighted by molar-refractivity contribution is -0.0857. The summed E-state index contributed by atoms with van der Waals surface area (Å²) in [7, 11) is 0. The van der Waals surface area contributed by atoms with Crippen molar-refractivity contribution in [1.82, 2.24) is 0 Å². The van der Waals surface area contributed by atoms with Gasteiger partial charge < -0.3 is 15.7 Å². The smallest absolute Gasteiger partial charge is 0.295 e. The molecule has 1 aromatic rings. The second-order valence-corrected chi connectivity index (χ2v) is 2.88. The van der Waals surface area contributed by atoms with Gasteiger partial charge in [0.1, 0.15) is 0 Å². The van der Waals surface area contributed by atoms with Crippen LogP contribution in [0.5, 0.6) is 0 Å². The van der Waals surface area contributed by atoms with Crippen LogP contribution in [0.2, 0.25) is 0 Å². The number of Topliss-reactive ketones (excluding diaryl/α,β-unsaturated/α-hetero) is 2. The van der Waals surface area contributed by atoms with Crippen molar-refractivity contribution in [2.24, 2.45) is 0 Å². The van der Waals surface area contributed by atoms with Crippen molar-refractivity contribution >= 4 is 11.6 Å². The molecule has 1 aliphatic rings. The molecule has 1 aliphatic carbocycles. The molecule has 0 saturated heterocycles. The summed E-state index contributed by atoms with van der Waals surface area (Å²) in [5.74, 6) is -4.76. The number of hydrogen-bond donors (Lipinski definition) is 2. The van der Waals surface area contributed by atoms with Gasteiger partial charge in [-0.15, -0.1) is 0 Å². The van der Waals surface area contributed by atoms with E-state index >= 15 is 0 Å². The van der Waals surface area contributed by atoms with Crippen LogP contribution in [0, 0.1) is 0 Å². The van der Waals surface area contributed by atoms with Crippen LogP contribution in [-0.2, 0) is 0 Å². The maximum Gasteiger partial charge on any atom is 0.295 e. The van der Waals surface area contributed by atoms with Gasteiger partial charge in [-0.3, -0.25) is 9.59 Å². The van der Waals surface area contributed by atoms with E-state index in [1.54, 1.807) is 12.1 Å². The fourth-order valence-electron chi connectivity index (χ4n) is 1.36. The van der Waals surface area contributed by atoms with Gasteiger partial charge in [0.05, 0.1) is 0 Å². The Labute approximate surface area is 78.9 Å². The summed E-state index contributed by atoms with van der Waals surface area (Å²) >= 11 is 0. The summed E-state index contributed by atoms with van der Waals surface area (Å²) in [6, 6.07) is 5.91. The lowest BCUT2D eigenvalue weighted by atomic mass is 10.1. The second-order valence-electron chi connectivity index (χ2n) is 2.88. The summed E-state index contributed by atoms with van der Waals surface area (Å²) in [6.07, 6.45) is 0. The number of ketones is 2. The molecule has 0 spiro atoms. The summed E-state index contributed by atoms with van der Waals surface area (Å²) in [6.45, 7) is 0. The van der Waals surface area contributed by atoms with E-state index in [9.17, 15) is 9.59 Å². The molecule has 0 aromatic heterocycles. The molecular weight excluding hydrogens is 188 g/mol. The average molecular weight is 196 g/mol. The summed E-state index contributed by atoms with van der Waals surface area (Å²) < 4.78 is 0. The molecule has 14 heavy (non-hydrogen) atoms. The predicted octanol–water partition coefficient (Wildman–Crippen LogP) is -1.08. The van der Waals surface area contributed by atoms with Crippen LogP contribution in [0.15, 0.2) is 24.3 Å². The number of carbonyl (C=O) groups excluding carboxylic acids is 2. The van der Waals surface area contributed by atoms with Gasteiger partial charge in [0.25, 0.3) is 5.79 Å². The largest absolute Gasteiger partial charge is 0.412 e. The van der Waals surface area contributed by atoms with Crippen molar-refractivity contribution in [2.45, 2.75) is 5.79 Å². The standard InChI is InChI=1S/C9H6O4.H2O/c10-7-5-3-1-2-4-6(5)8(11)9(7,12)13;/h1-4,12-13H;1H2. The van der Waals surface area contributed by atoms with Crippen molar-refractivity contribution in [1.29, 1.82) is 0 Å². The van der Waals surface area contributed by atoms with Crippen molar-refractivity contribution in [2.75, 3.05) is 0 Å². The Morgan fingerprint density at radius 1 is 0.929 bits per heavy atom. The van der Waals surface area contributed by atoms with E-state index in [2.05, 4.69) is 0 Å². The van der Waals surface area contributed by atoms with Crippen molar-refractivity contribution in [3.63, 3.8) is 0 Å². The van der Waals surface area contributed by atoms with Gasteiger partial charge in [0.2, 0.25) is 11.6 Å². The summed E-state index contributed by atoms with van der Waals surface area (Å²) in [5, 5.41) is 18.2. The van der Waals surface area contributed by atoms with Crippen LogP contribution in [0.25, 0.3) is 0 Å². The molecule has 0 radical (unpaired) electrons. The zero-order valence-corrected chi connectivity index (χ0v) is 7.02. The topological polar surface area (TPSA) is 106 Å². The zero-order valence-electron chi connectivity index (χ0n) is 7.02. The Balaban J connectivity index is 0.000000980. The monoisotopic (exact) mass is 196 g/mol. The number of hydrogen-bond acceptors (Lipinski definition) is 4. The lowest BCUT2D eigenvalue weighted by Gasteiger charge is -2.08. The minimum absolute atomic E-state index is 0. The number of benzene rings is 1. The first-order valence-corrected chi connectivity index (χ1v) is 3.68. The first kappa shape index (κ1) is 10.5. The molecule has 0 atom stereocenters. The maximum absolute atomic E-state index is 11.2. The lowest BCUT2D eigenvalue weighted by Crippen LogP contribution is -2.40. The quantitative estimate of drug-likeness (QED) is 0.406. The molecular formula is C9H8O5. The summed E-state index contributed by atoms with van der Waals surface area (Å²) in [5.41, 5.74) is 0.134. The number of rotatable bonds is 0. The van der Waals surface area contributed by atoms with Crippen LogP contribution in [0.1, 0.15) is 20.7 Å². The van der Waals surface area contributed by atoms with Crippen LogP contribution >= 0.6 is 0 Å². The zero-order chi connectivity index (χ0) is 9.64. The highest BCUT2D eigenvalue weighted by molar-refractivity contribution is 6.30. The number of carbonyl (C=O) groups is 2. The average Bonchev–Trinajstić information content (AvgIpc) is 2.30.